The van der Waals surface area contributed by atoms with Gasteiger partial charge in [-0.25, -0.2) is 9.78 Å². The number of nitrogens with zero attached hydrogens (tertiary/aromatic N) is 2. The zero-order valence-electron chi connectivity index (χ0n) is 21.3. The van der Waals surface area contributed by atoms with E-state index in [1.807, 2.05) is 24.4 Å². The fourth-order valence-electron chi connectivity index (χ4n) is 4.54. The summed E-state index contributed by atoms with van der Waals surface area (Å²) in [6.07, 6.45) is 0.817. The average molecular weight is 559 g/mol. The lowest BCUT2D eigenvalue weighted by atomic mass is 9.84. The number of fused-ring (bicyclic) bond motifs is 1. The number of halogens is 2. The minimum atomic E-state index is -1.05. The molecule has 0 saturated carbocycles. The molecule has 8 nitrogen and oxygen atoms in total. The fraction of sp³-hybridized carbons (Fsp3) is 0.357. The molecule has 0 fully saturated rings. The highest BCUT2D eigenvalue weighted by atomic mass is 35.5. The number of hydrogen-bond acceptors (Lipinski definition) is 6. The second-order valence-corrected chi connectivity index (χ2v) is 9.99. The van der Waals surface area contributed by atoms with Crippen LogP contribution in [0.1, 0.15) is 22.6 Å². The normalized spacial score (nSPS) is 15.2. The number of hydrogen-bond donors (Lipinski definition) is 3. The molecule has 1 atom stereocenters. The number of carbonyl (C=O) groups is 1. The van der Waals surface area contributed by atoms with Gasteiger partial charge in [0.1, 0.15) is 5.82 Å². The van der Waals surface area contributed by atoms with Crippen LogP contribution in [0.25, 0.3) is 11.1 Å². The first-order valence-electron chi connectivity index (χ1n) is 12.5. The van der Waals surface area contributed by atoms with Gasteiger partial charge in [-0.15, -0.1) is 0 Å². The number of ether oxygens (including phenoxy) is 2. The first-order valence-corrected chi connectivity index (χ1v) is 13.2. The van der Waals surface area contributed by atoms with Crippen LogP contribution in [0.2, 0.25) is 10.0 Å². The van der Waals surface area contributed by atoms with Crippen LogP contribution in [0.5, 0.6) is 0 Å². The Morgan fingerprint density at radius 2 is 1.84 bits per heavy atom. The van der Waals surface area contributed by atoms with Crippen molar-refractivity contribution in [3.05, 3.63) is 81.5 Å². The summed E-state index contributed by atoms with van der Waals surface area (Å²) < 4.78 is 10.8. The standard InChI is InChI=1S/C28H32Cl2N4O4/c1-34-17-24(23-14-22(29)15-26(30)25(23)18-34)20-4-2-3-19(13-20)21-5-6-27(33-16-21)31-7-9-37-11-12-38-10-8-32-28(35)36/h2-6,13-16,24,32H,7-12,17-18H2,1H3,(H,31,33)(H,35,36)/t24-/m0/s1. The molecule has 0 bridgehead atoms. The van der Waals surface area contributed by atoms with Gasteiger partial charge < -0.3 is 30.1 Å². The molecular formula is C28H32Cl2N4O4. The highest BCUT2D eigenvalue weighted by molar-refractivity contribution is 6.35. The number of likely N-dealkylation sites (N-methyl/N-ethyl adjacent to an activating group) is 1. The van der Waals surface area contributed by atoms with E-state index < -0.39 is 6.09 Å². The molecule has 1 aliphatic rings. The summed E-state index contributed by atoms with van der Waals surface area (Å²) in [5.74, 6) is 0.956. The van der Waals surface area contributed by atoms with Crippen molar-refractivity contribution in [3.8, 4) is 11.1 Å². The third-order valence-electron chi connectivity index (χ3n) is 6.33. The van der Waals surface area contributed by atoms with Crippen LogP contribution in [0.3, 0.4) is 0 Å². The number of benzene rings is 2. The van der Waals surface area contributed by atoms with Crippen LogP contribution in [-0.4, -0.2) is 74.2 Å². The summed E-state index contributed by atoms with van der Waals surface area (Å²) in [5.41, 5.74) is 5.69. The van der Waals surface area contributed by atoms with Gasteiger partial charge in [-0.1, -0.05) is 47.5 Å². The van der Waals surface area contributed by atoms with Crippen LogP contribution < -0.4 is 10.6 Å². The second-order valence-electron chi connectivity index (χ2n) is 9.15. The predicted octanol–water partition coefficient (Wildman–Crippen LogP) is 5.35. The van der Waals surface area contributed by atoms with Gasteiger partial charge in [0.25, 0.3) is 0 Å². The first-order chi connectivity index (χ1) is 18.4. The Morgan fingerprint density at radius 1 is 1.05 bits per heavy atom. The van der Waals surface area contributed by atoms with Crippen molar-refractivity contribution in [2.24, 2.45) is 0 Å². The Hall–Kier alpha value is -2.88. The molecule has 2 heterocycles. The van der Waals surface area contributed by atoms with Gasteiger partial charge in [-0.3, -0.25) is 0 Å². The summed E-state index contributed by atoms with van der Waals surface area (Å²) in [6.45, 7) is 4.26. The van der Waals surface area contributed by atoms with E-state index in [1.165, 1.54) is 11.1 Å². The SMILES string of the molecule is CN1Cc2c(Cl)cc(Cl)cc2[C@H](c2cccc(-c3ccc(NCCOCCOCCNC(=O)O)nc3)c2)C1. The van der Waals surface area contributed by atoms with E-state index in [0.29, 0.717) is 38.0 Å². The lowest BCUT2D eigenvalue weighted by Crippen LogP contribution is -2.31. The second kappa shape index (κ2) is 13.8. The van der Waals surface area contributed by atoms with Gasteiger partial charge in [0.05, 0.1) is 26.4 Å². The summed E-state index contributed by atoms with van der Waals surface area (Å²) in [5, 5.41) is 15.4. The van der Waals surface area contributed by atoms with Gasteiger partial charge in [0.15, 0.2) is 0 Å². The molecule has 1 aromatic heterocycles. The third kappa shape index (κ3) is 7.82. The van der Waals surface area contributed by atoms with Crippen molar-refractivity contribution in [1.29, 1.82) is 0 Å². The van der Waals surface area contributed by atoms with Crippen molar-refractivity contribution in [3.63, 3.8) is 0 Å². The molecule has 38 heavy (non-hydrogen) atoms. The molecule has 4 rings (SSSR count). The van der Waals surface area contributed by atoms with E-state index in [4.69, 9.17) is 37.8 Å². The van der Waals surface area contributed by atoms with Crippen molar-refractivity contribution < 1.29 is 19.4 Å². The van der Waals surface area contributed by atoms with E-state index in [2.05, 4.69) is 57.9 Å². The number of aromatic nitrogens is 1. The highest BCUT2D eigenvalue weighted by Gasteiger charge is 2.27. The Bertz CT molecular complexity index is 1230. The number of nitrogens with one attached hydrogen (secondary N) is 2. The van der Waals surface area contributed by atoms with Crippen LogP contribution >= 0.6 is 23.2 Å². The Morgan fingerprint density at radius 3 is 2.58 bits per heavy atom. The molecule has 202 valence electrons. The molecule has 0 unspecified atom stereocenters. The molecule has 10 heteroatoms. The third-order valence-corrected chi connectivity index (χ3v) is 6.88. The maximum Gasteiger partial charge on any atom is 0.404 e. The minimum absolute atomic E-state index is 0.181. The monoisotopic (exact) mass is 558 g/mol. The minimum Gasteiger partial charge on any atom is -0.465 e. The molecule has 3 N–H and O–H groups in total. The maximum atomic E-state index is 10.3. The largest absolute Gasteiger partial charge is 0.465 e. The zero-order valence-corrected chi connectivity index (χ0v) is 22.8. The summed E-state index contributed by atoms with van der Waals surface area (Å²) >= 11 is 12.9. The van der Waals surface area contributed by atoms with Crippen LogP contribution in [0.15, 0.2) is 54.7 Å². The van der Waals surface area contributed by atoms with Gasteiger partial charge in [-0.05, 0) is 53.6 Å². The van der Waals surface area contributed by atoms with E-state index in [0.717, 1.165) is 40.6 Å². The van der Waals surface area contributed by atoms with E-state index in [9.17, 15) is 4.79 Å². The molecule has 0 saturated heterocycles. The molecule has 0 radical (unpaired) electrons. The lowest BCUT2D eigenvalue weighted by Gasteiger charge is -2.33. The van der Waals surface area contributed by atoms with Crippen molar-refractivity contribution in [2.75, 3.05) is 58.4 Å². The first kappa shape index (κ1) is 28.1. The Labute approximate surface area is 232 Å². The number of pyridine rings is 1. The number of rotatable bonds is 12. The summed E-state index contributed by atoms with van der Waals surface area (Å²) in [4.78, 5) is 17.2. The molecule has 0 spiro atoms. The van der Waals surface area contributed by atoms with Gasteiger partial charge in [-0.2, -0.15) is 0 Å². The van der Waals surface area contributed by atoms with Gasteiger partial charge >= 0.3 is 6.09 Å². The van der Waals surface area contributed by atoms with Crippen molar-refractivity contribution >= 4 is 35.1 Å². The van der Waals surface area contributed by atoms with Gasteiger partial charge in [0, 0.05) is 53.9 Å². The molecular weight excluding hydrogens is 527 g/mol. The van der Waals surface area contributed by atoms with Crippen LogP contribution in [0.4, 0.5) is 10.6 Å². The van der Waals surface area contributed by atoms with Crippen LogP contribution in [-0.2, 0) is 16.0 Å². The van der Waals surface area contributed by atoms with Gasteiger partial charge in [0.2, 0.25) is 0 Å². The lowest BCUT2D eigenvalue weighted by molar-refractivity contribution is 0.0527. The molecule has 1 aliphatic heterocycles. The number of anilines is 1. The topological polar surface area (TPSA) is 96.0 Å². The average Bonchev–Trinajstić information content (AvgIpc) is 2.90. The summed E-state index contributed by atoms with van der Waals surface area (Å²) in [7, 11) is 2.11. The Kier molecular flexibility index (Phi) is 10.2. The molecule has 1 amide bonds. The predicted molar refractivity (Wildman–Crippen MR) is 150 cm³/mol. The molecule has 2 aromatic carbocycles. The molecule has 0 aliphatic carbocycles. The smallest absolute Gasteiger partial charge is 0.404 e. The van der Waals surface area contributed by atoms with Crippen molar-refractivity contribution in [2.45, 2.75) is 12.5 Å². The quantitative estimate of drug-likeness (QED) is 0.258. The van der Waals surface area contributed by atoms with E-state index in [-0.39, 0.29) is 12.5 Å². The van der Waals surface area contributed by atoms with E-state index in [1.54, 1.807) is 0 Å². The van der Waals surface area contributed by atoms with Crippen molar-refractivity contribution in [1.82, 2.24) is 15.2 Å². The molecule has 3 aromatic rings. The van der Waals surface area contributed by atoms with Crippen LogP contribution in [0, 0.1) is 0 Å². The highest BCUT2D eigenvalue weighted by Crippen LogP contribution is 2.39. The Balaban J connectivity index is 1.29. The van der Waals surface area contributed by atoms with E-state index >= 15 is 0 Å². The maximum absolute atomic E-state index is 10.3. The number of amides is 1. The fourth-order valence-corrected chi connectivity index (χ4v) is 5.11. The zero-order chi connectivity index (χ0) is 26.9. The summed E-state index contributed by atoms with van der Waals surface area (Å²) in [6, 6.07) is 16.5. The number of carboxylic acid groups (broad SMARTS) is 1.